The molecule has 1 aromatic carbocycles. The van der Waals surface area contributed by atoms with E-state index < -0.39 is 6.10 Å². The highest BCUT2D eigenvalue weighted by molar-refractivity contribution is 7.10. The van der Waals surface area contributed by atoms with Crippen molar-refractivity contribution >= 4 is 17.3 Å². The van der Waals surface area contributed by atoms with E-state index in [2.05, 4.69) is 40.1 Å². The topological polar surface area (TPSA) is 75.1 Å². The van der Waals surface area contributed by atoms with Crippen molar-refractivity contribution in [2.75, 3.05) is 33.9 Å². The van der Waals surface area contributed by atoms with Gasteiger partial charge in [0, 0.05) is 29.4 Å². The van der Waals surface area contributed by atoms with Gasteiger partial charge in [0.25, 0.3) is 0 Å². The lowest BCUT2D eigenvalue weighted by Gasteiger charge is -2.18. The Bertz CT molecular complexity index is 719. The normalized spacial score (nSPS) is 13.7. The summed E-state index contributed by atoms with van der Waals surface area (Å²) in [7, 11) is 3.18. The summed E-state index contributed by atoms with van der Waals surface area (Å²) in [5, 5.41) is 19.1. The van der Waals surface area contributed by atoms with Crippen LogP contribution >= 0.6 is 11.3 Å². The van der Waals surface area contributed by atoms with E-state index in [4.69, 9.17) is 9.47 Å². The first kappa shape index (κ1) is 21.1. The van der Waals surface area contributed by atoms with Crippen molar-refractivity contribution < 1.29 is 14.6 Å². The molecule has 0 saturated carbocycles. The number of aliphatic hydroxyl groups excluding tert-OH is 1. The quantitative estimate of drug-likeness (QED) is 0.452. The number of nitrogens with zero attached hydrogens (tertiary/aromatic N) is 1. The lowest BCUT2D eigenvalue weighted by Crippen LogP contribution is -2.39. The molecule has 0 aliphatic carbocycles. The van der Waals surface area contributed by atoms with Crippen molar-refractivity contribution in [1.82, 2.24) is 10.6 Å². The zero-order valence-corrected chi connectivity index (χ0v) is 17.2. The number of nitrogens with one attached hydrogen (secondary N) is 2. The fraction of sp³-hybridized carbons (Fsp3) is 0.450. The maximum atomic E-state index is 10.6. The van der Waals surface area contributed by atoms with E-state index in [1.165, 1.54) is 4.88 Å². The van der Waals surface area contributed by atoms with Gasteiger partial charge >= 0.3 is 0 Å². The third-order valence-corrected chi connectivity index (χ3v) is 5.26. The molecule has 0 saturated heterocycles. The monoisotopic (exact) mass is 391 g/mol. The molecule has 27 heavy (non-hydrogen) atoms. The van der Waals surface area contributed by atoms with E-state index in [0.717, 1.165) is 6.54 Å². The first-order valence-corrected chi connectivity index (χ1v) is 9.92. The van der Waals surface area contributed by atoms with Gasteiger partial charge in [-0.15, -0.1) is 11.3 Å². The van der Waals surface area contributed by atoms with Crippen LogP contribution < -0.4 is 20.1 Å². The molecular formula is C20H29N3O3S. The Kier molecular flexibility index (Phi) is 8.42. The SMILES string of the molecule is CCNC(=NCC(C)c1cccs1)NCC(O)c1cc(OC)ccc1OC. The molecule has 1 aromatic heterocycles. The number of thiophene rings is 1. The van der Waals surface area contributed by atoms with Crippen LogP contribution in [0.4, 0.5) is 0 Å². The Morgan fingerprint density at radius 3 is 2.67 bits per heavy atom. The van der Waals surface area contributed by atoms with Gasteiger partial charge < -0.3 is 25.2 Å². The Morgan fingerprint density at radius 2 is 2.04 bits per heavy atom. The zero-order chi connectivity index (χ0) is 19.6. The molecule has 2 aromatic rings. The summed E-state index contributed by atoms with van der Waals surface area (Å²) in [6.07, 6.45) is -0.756. The Hall–Kier alpha value is -2.25. The molecule has 0 aliphatic rings. The minimum Gasteiger partial charge on any atom is -0.497 e. The molecule has 2 unspecified atom stereocenters. The van der Waals surface area contributed by atoms with Crippen LogP contribution in [0.2, 0.25) is 0 Å². The number of ether oxygens (including phenoxy) is 2. The number of benzene rings is 1. The smallest absolute Gasteiger partial charge is 0.191 e. The Morgan fingerprint density at radius 1 is 1.22 bits per heavy atom. The van der Waals surface area contributed by atoms with Gasteiger partial charge in [-0.3, -0.25) is 4.99 Å². The van der Waals surface area contributed by atoms with Crippen LogP contribution in [0.3, 0.4) is 0 Å². The van der Waals surface area contributed by atoms with Crippen LogP contribution in [-0.4, -0.2) is 44.9 Å². The Balaban J connectivity index is 2.01. The molecule has 1 heterocycles. The van der Waals surface area contributed by atoms with Crippen LogP contribution in [0, 0.1) is 0 Å². The molecule has 0 amide bonds. The van der Waals surface area contributed by atoms with Crippen LogP contribution in [-0.2, 0) is 0 Å². The molecule has 6 nitrogen and oxygen atoms in total. The number of aliphatic imine (C=N–C) groups is 1. The second-order valence-corrected chi connectivity index (χ2v) is 7.12. The van der Waals surface area contributed by atoms with Crippen LogP contribution in [0.5, 0.6) is 11.5 Å². The van der Waals surface area contributed by atoms with E-state index in [1.54, 1.807) is 43.8 Å². The molecule has 2 atom stereocenters. The Labute approximate surface area is 165 Å². The van der Waals surface area contributed by atoms with Crippen molar-refractivity contribution in [3.63, 3.8) is 0 Å². The average Bonchev–Trinajstić information content (AvgIpc) is 3.24. The minimum atomic E-state index is -0.756. The highest BCUT2D eigenvalue weighted by Gasteiger charge is 2.15. The van der Waals surface area contributed by atoms with Gasteiger partial charge in [-0.2, -0.15) is 0 Å². The second kappa shape index (κ2) is 10.8. The van der Waals surface area contributed by atoms with Gasteiger partial charge in [-0.25, -0.2) is 0 Å². The lowest BCUT2D eigenvalue weighted by molar-refractivity contribution is 0.176. The fourth-order valence-electron chi connectivity index (χ4n) is 2.63. The number of hydrogen-bond acceptors (Lipinski definition) is 5. The maximum Gasteiger partial charge on any atom is 0.191 e. The van der Waals surface area contributed by atoms with Crippen molar-refractivity contribution in [1.29, 1.82) is 0 Å². The summed E-state index contributed by atoms with van der Waals surface area (Å²) < 4.78 is 10.6. The number of rotatable bonds is 9. The third kappa shape index (κ3) is 6.15. The molecule has 0 fully saturated rings. The average molecular weight is 392 g/mol. The van der Waals surface area contributed by atoms with Crippen LogP contribution in [0.1, 0.15) is 36.3 Å². The van der Waals surface area contributed by atoms with Gasteiger partial charge in [-0.1, -0.05) is 13.0 Å². The summed E-state index contributed by atoms with van der Waals surface area (Å²) >= 11 is 1.74. The van der Waals surface area contributed by atoms with E-state index in [1.807, 2.05) is 6.92 Å². The van der Waals surface area contributed by atoms with Crippen molar-refractivity contribution in [2.24, 2.45) is 4.99 Å². The molecule has 0 radical (unpaired) electrons. The predicted molar refractivity (Wildman–Crippen MR) is 111 cm³/mol. The number of hydrogen-bond donors (Lipinski definition) is 3. The van der Waals surface area contributed by atoms with Gasteiger partial charge in [-0.05, 0) is 36.6 Å². The first-order valence-electron chi connectivity index (χ1n) is 9.04. The van der Waals surface area contributed by atoms with Gasteiger partial charge in [0.05, 0.1) is 26.9 Å². The first-order chi connectivity index (χ1) is 13.1. The molecule has 0 aliphatic heterocycles. The van der Waals surface area contributed by atoms with Crippen LogP contribution in [0.15, 0.2) is 40.7 Å². The molecule has 0 bridgehead atoms. The van der Waals surface area contributed by atoms with Crippen molar-refractivity contribution in [3.05, 3.63) is 46.2 Å². The predicted octanol–water partition coefficient (Wildman–Crippen LogP) is 3.16. The van der Waals surface area contributed by atoms with E-state index >= 15 is 0 Å². The minimum absolute atomic E-state index is 0.308. The number of aliphatic hydroxyl groups is 1. The lowest BCUT2D eigenvalue weighted by atomic mass is 10.1. The number of guanidine groups is 1. The van der Waals surface area contributed by atoms with Gasteiger partial charge in [0.15, 0.2) is 5.96 Å². The molecule has 7 heteroatoms. The molecule has 148 valence electrons. The molecule has 3 N–H and O–H groups in total. The van der Waals surface area contributed by atoms with Crippen LogP contribution in [0.25, 0.3) is 0 Å². The summed E-state index contributed by atoms with van der Waals surface area (Å²) in [6, 6.07) is 9.57. The highest BCUT2D eigenvalue weighted by atomic mass is 32.1. The largest absolute Gasteiger partial charge is 0.497 e. The third-order valence-electron chi connectivity index (χ3n) is 4.16. The summed E-state index contributed by atoms with van der Waals surface area (Å²) in [6.45, 7) is 5.91. The molecule has 0 spiro atoms. The van der Waals surface area contributed by atoms with Crippen molar-refractivity contribution in [3.8, 4) is 11.5 Å². The maximum absolute atomic E-state index is 10.6. The van der Waals surface area contributed by atoms with E-state index in [0.29, 0.717) is 42.0 Å². The standard InChI is InChI=1S/C20H29N3O3S/c1-5-21-20(22-12-14(2)19-7-6-10-27-19)23-13-17(24)16-11-15(25-3)8-9-18(16)26-4/h6-11,14,17,24H,5,12-13H2,1-4H3,(H2,21,22,23). The molecular weight excluding hydrogens is 362 g/mol. The van der Waals surface area contributed by atoms with E-state index in [-0.39, 0.29) is 0 Å². The summed E-state index contributed by atoms with van der Waals surface area (Å²) in [5.74, 6) is 2.33. The van der Waals surface area contributed by atoms with Crippen molar-refractivity contribution in [2.45, 2.75) is 25.9 Å². The van der Waals surface area contributed by atoms with Gasteiger partial charge in [0.1, 0.15) is 11.5 Å². The fourth-order valence-corrected chi connectivity index (χ4v) is 3.41. The summed E-state index contributed by atoms with van der Waals surface area (Å²) in [5.41, 5.74) is 0.673. The summed E-state index contributed by atoms with van der Waals surface area (Å²) in [4.78, 5) is 5.96. The zero-order valence-electron chi connectivity index (χ0n) is 16.4. The van der Waals surface area contributed by atoms with E-state index in [9.17, 15) is 5.11 Å². The second-order valence-electron chi connectivity index (χ2n) is 6.14. The highest BCUT2D eigenvalue weighted by Crippen LogP contribution is 2.29. The molecule has 2 rings (SSSR count). The van der Waals surface area contributed by atoms with Gasteiger partial charge in [0.2, 0.25) is 0 Å². The number of methoxy groups -OCH3 is 2.